The summed E-state index contributed by atoms with van der Waals surface area (Å²) in [5, 5.41) is 13.5. The molecule has 4 heteroatoms. The topological polar surface area (TPSA) is 64.9 Å². The monoisotopic (exact) mass is 167 g/mol. The molecule has 0 unspecified atom stereocenters. The van der Waals surface area contributed by atoms with Crippen LogP contribution in [0.25, 0.3) is 0 Å². The number of nitriles is 1. The minimum Gasteiger partial charge on any atom is -0.335 e. The van der Waals surface area contributed by atoms with Crippen LogP contribution in [0.2, 0.25) is 0 Å². The summed E-state index contributed by atoms with van der Waals surface area (Å²) in [6.07, 6.45) is 1.57. The average Bonchev–Trinajstić information content (AvgIpc) is 2.00. The number of nitrogens with zero attached hydrogens (tertiary/aromatic N) is 1. The van der Waals surface area contributed by atoms with Gasteiger partial charge in [0.25, 0.3) is 0 Å². The molecule has 0 atom stereocenters. The molecule has 0 heterocycles. The third-order valence-electron chi connectivity index (χ3n) is 1.11. The van der Waals surface area contributed by atoms with Crippen LogP contribution in [0.1, 0.15) is 13.8 Å². The van der Waals surface area contributed by atoms with Gasteiger partial charge in [-0.15, -0.1) is 6.58 Å². The van der Waals surface area contributed by atoms with Crippen LogP contribution >= 0.6 is 0 Å². The number of rotatable bonds is 3. The van der Waals surface area contributed by atoms with E-state index in [2.05, 4.69) is 17.2 Å². The van der Waals surface area contributed by atoms with Crippen LogP contribution in [0, 0.1) is 11.3 Å². The minimum atomic E-state index is -0.828. The van der Waals surface area contributed by atoms with E-state index in [1.54, 1.807) is 19.9 Å². The maximum Gasteiger partial charge on any atom is 0.316 e. The zero-order chi connectivity index (χ0) is 9.61. The number of carbonyl (C=O) groups excluding carboxylic acids is 1. The highest BCUT2D eigenvalue weighted by molar-refractivity contribution is 5.75. The first-order valence-corrected chi connectivity index (χ1v) is 3.60. The fraction of sp³-hybridized carbons (Fsp3) is 0.500. The fourth-order valence-corrected chi connectivity index (χ4v) is 0.521. The van der Waals surface area contributed by atoms with Gasteiger partial charge in [-0.3, -0.25) is 0 Å². The van der Waals surface area contributed by atoms with Crippen molar-refractivity contribution in [3.63, 3.8) is 0 Å². The summed E-state index contributed by atoms with van der Waals surface area (Å²) in [6, 6.07) is 1.59. The lowest BCUT2D eigenvalue weighted by molar-refractivity contribution is 0.236. The molecule has 0 aliphatic rings. The summed E-state index contributed by atoms with van der Waals surface area (Å²) < 4.78 is 0. The van der Waals surface area contributed by atoms with Crippen molar-refractivity contribution >= 4 is 6.03 Å². The van der Waals surface area contributed by atoms with Crippen molar-refractivity contribution in [1.29, 1.82) is 5.26 Å². The van der Waals surface area contributed by atoms with Gasteiger partial charge < -0.3 is 10.6 Å². The molecule has 0 bridgehead atoms. The van der Waals surface area contributed by atoms with Gasteiger partial charge in [-0.05, 0) is 13.8 Å². The van der Waals surface area contributed by atoms with E-state index in [0.29, 0.717) is 6.54 Å². The molecule has 0 fully saturated rings. The van der Waals surface area contributed by atoms with Crippen molar-refractivity contribution in [3.05, 3.63) is 12.7 Å². The highest BCUT2D eigenvalue weighted by atomic mass is 16.2. The largest absolute Gasteiger partial charge is 0.335 e. The molecule has 66 valence electrons. The summed E-state index contributed by atoms with van der Waals surface area (Å²) in [7, 11) is 0. The Balaban J connectivity index is 3.86. The van der Waals surface area contributed by atoms with E-state index in [9.17, 15) is 4.79 Å². The highest BCUT2D eigenvalue weighted by Crippen LogP contribution is 1.97. The lowest BCUT2D eigenvalue weighted by Crippen LogP contribution is -2.47. The molecular formula is C8H13N3O. The van der Waals surface area contributed by atoms with Gasteiger partial charge in [-0.25, -0.2) is 4.79 Å². The zero-order valence-corrected chi connectivity index (χ0v) is 7.35. The molecule has 0 rings (SSSR count). The number of hydrogen-bond acceptors (Lipinski definition) is 2. The first kappa shape index (κ1) is 10.5. The van der Waals surface area contributed by atoms with E-state index in [-0.39, 0.29) is 6.03 Å². The quantitative estimate of drug-likeness (QED) is 0.610. The third kappa shape index (κ3) is 4.34. The summed E-state index contributed by atoms with van der Waals surface area (Å²) in [5.74, 6) is 0. The van der Waals surface area contributed by atoms with Crippen molar-refractivity contribution in [1.82, 2.24) is 10.6 Å². The molecule has 0 aliphatic carbocycles. The van der Waals surface area contributed by atoms with E-state index in [4.69, 9.17) is 5.26 Å². The number of carbonyl (C=O) groups is 1. The van der Waals surface area contributed by atoms with E-state index >= 15 is 0 Å². The fourth-order valence-electron chi connectivity index (χ4n) is 0.521. The molecule has 4 nitrogen and oxygen atoms in total. The Bertz CT molecular complexity index is 215. The van der Waals surface area contributed by atoms with Gasteiger partial charge in [-0.2, -0.15) is 5.26 Å². The van der Waals surface area contributed by atoms with E-state index < -0.39 is 5.54 Å². The molecule has 2 amide bonds. The molecule has 0 spiro atoms. The molecule has 0 aromatic carbocycles. The third-order valence-corrected chi connectivity index (χ3v) is 1.11. The first-order chi connectivity index (χ1) is 5.52. The van der Waals surface area contributed by atoms with Crippen LogP contribution in [0.4, 0.5) is 4.79 Å². The molecule has 0 aromatic rings. The Morgan fingerprint density at radius 2 is 2.33 bits per heavy atom. The van der Waals surface area contributed by atoms with Crippen LogP contribution in [-0.2, 0) is 0 Å². The number of amides is 2. The van der Waals surface area contributed by atoms with Crippen molar-refractivity contribution in [2.75, 3.05) is 6.54 Å². The minimum absolute atomic E-state index is 0.360. The van der Waals surface area contributed by atoms with Gasteiger partial charge >= 0.3 is 6.03 Å². The first-order valence-electron chi connectivity index (χ1n) is 3.60. The standard InChI is InChI=1S/C8H13N3O/c1-4-5-10-7(12)11-8(2,3)6-9/h4H,1,5H2,2-3H3,(H2,10,11,12). The summed E-state index contributed by atoms with van der Waals surface area (Å²) in [6.45, 7) is 7.09. The molecule has 0 radical (unpaired) electrons. The van der Waals surface area contributed by atoms with Crippen LogP contribution < -0.4 is 10.6 Å². The summed E-state index contributed by atoms with van der Waals surface area (Å²) in [4.78, 5) is 11.0. The molecule has 0 saturated heterocycles. The smallest absolute Gasteiger partial charge is 0.316 e. The molecule has 0 aromatic heterocycles. The predicted octanol–water partition coefficient (Wildman–Crippen LogP) is 0.774. The van der Waals surface area contributed by atoms with Crippen molar-refractivity contribution in [2.24, 2.45) is 0 Å². The van der Waals surface area contributed by atoms with Crippen LogP contribution in [0.3, 0.4) is 0 Å². The average molecular weight is 167 g/mol. The molecule has 12 heavy (non-hydrogen) atoms. The zero-order valence-electron chi connectivity index (χ0n) is 7.35. The van der Waals surface area contributed by atoms with Crippen LogP contribution in [0.15, 0.2) is 12.7 Å². The lowest BCUT2D eigenvalue weighted by Gasteiger charge is -2.17. The van der Waals surface area contributed by atoms with Gasteiger partial charge in [0.05, 0.1) is 6.07 Å². The maximum absolute atomic E-state index is 11.0. The van der Waals surface area contributed by atoms with Crippen LogP contribution in [-0.4, -0.2) is 18.1 Å². The van der Waals surface area contributed by atoms with Gasteiger partial charge in [0.15, 0.2) is 0 Å². The number of hydrogen-bond donors (Lipinski definition) is 2. The Morgan fingerprint density at radius 1 is 1.75 bits per heavy atom. The van der Waals surface area contributed by atoms with Gasteiger partial charge in [-0.1, -0.05) is 6.08 Å². The Kier molecular flexibility index (Phi) is 3.84. The summed E-state index contributed by atoms with van der Waals surface area (Å²) >= 11 is 0. The Labute approximate surface area is 72.3 Å². The molecule has 2 N–H and O–H groups in total. The Morgan fingerprint density at radius 3 is 2.75 bits per heavy atom. The van der Waals surface area contributed by atoms with Crippen molar-refractivity contribution < 1.29 is 4.79 Å². The van der Waals surface area contributed by atoms with Gasteiger partial charge in [0, 0.05) is 6.54 Å². The Hall–Kier alpha value is -1.50. The normalized spacial score (nSPS) is 9.75. The molecular weight excluding hydrogens is 154 g/mol. The van der Waals surface area contributed by atoms with Gasteiger partial charge in [0.2, 0.25) is 0 Å². The van der Waals surface area contributed by atoms with E-state index in [1.807, 2.05) is 6.07 Å². The number of urea groups is 1. The molecule has 0 saturated carbocycles. The van der Waals surface area contributed by atoms with Gasteiger partial charge in [0.1, 0.15) is 5.54 Å². The second-order valence-electron chi connectivity index (χ2n) is 2.86. The van der Waals surface area contributed by atoms with Crippen molar-refractivity contribution in [3.8, 4) is 6.07 Å². The van der Waals surface area contributed by atoms with Crippen molar-refractivity contribution in [2.45, 2.75) is 19.4 Å². The van der Waals surface area contributed by atoms with Crippen LogP contribution in [0.5, 0.6) is 0 Å². The molecule has 0 aliphatic heterocycles. The second kappa shape index (κ2) is 4.39. The van der Waals surface area contributed by atoms with E-state index in [1.165, 1.54) is 0 Å². The predicted molar refractivity (Wildman–Crippen MR) is 46.4 cm³/mol. The maximum atomic E-state index is 11.0. The lowest BCUT2D eigenvalue weighted by atomic mass is 10.1. The summed E-state index contributed by atoms with van der Waals surface area (Å²) in [5.41, 5.74) is -0.828. The second-order valence-corrected chi connectivity index (χ2v) is 2.86. The highest BCUT2D eigenvalue weighted by Gasteiger charge is 2.18. The van der Waals surface area contributed by atoms with E-state index in [0.717, 1.165) is 0 Å². The number of nitrogens with one attached hydrogen (secondary N) is 2. The SMILES string of the molecule is C=CCNC(=O)NC(C)(C)C#N.